The number of ether oxygens (including phenoxy) is 1. The van der Waals surface area contributed by atoms with E-state index in [4.69, 9.17) is 4.74 Å². The summed E-state index contributed by atoms with van der Waals surface area (Å²) < 4.78 is 5.21. The van der Waals surface area contributed by atoms with E-state index in [1.165, 1.54) is 11.9 Å². The van der Waals surface area contributed by atoms with Crippen LogP contribution in [-0.2, 0) is 21.7 Å². The molecule has 0 bridgehead atoms. The van der Waals surface area contributed by atoms with E-state index in [1.54, 1.807) is 31.2 Å². The molecule has 3 rings (SSSR count). The summed E-state index contributed by atoms with van der Waals surface area (Å²) in [6.45, 7) is 1.46. The fourth-order valence-corrected chi connectivity index (χ4v) is 2.98. The summed E-state index contributed by atoms with van der Waals surface area (Å²) in [6, 6.07) is 16.2. The van der Waals surface area contributed by atoms with Crippen molar-refractivity contribution in [1.29, 1.82) is 0 Å². The van der Waals surface area contributed by atoms with Crippen molar-refractivity contribution in [3.8, 4) is 17.1 Å². The Morgan fingerprint density at radius 1 is 1.17 bits per heavy atom. The molecular weight excluding hydrogens is 374 g/mol. The van der Waals surface area contributed by atoms with Crippen molar-refractivity contribution in [2.75, 3.05) is 7.11 Å². The molecule has 1 amide bonds. The Labute approximate surface area is 167 Å². The van der Waals surface area contributed by atoms with E-state index in [0.29, 0.717) is 17.1 Å². The number of nitrogens with zero attached hydrogens (tertiary/aromatic N) is 4. The fourth-order valence-electron chi connectivity index (χ4n) is 2.98. The maximum atomic E-state index is 12.6. The number of carbonyl (C=O) groups excluding carboxylic acids is 1. The highest BCUT2D eigenvalue weighted by molar-refractivity contribution is 5.78. The summed E-state index contributed by atoms with van der Waals surface area (Å²) in [4.78, 5) is 25.2. The van der Waals surface area contributed by atoms with E-state index in [2.05, 4.69) is 20.7 Å². The number of benzene rings is 2. The second-order valence-corrected chi connectivity index (χ2v) is 6.69. The molecule has 2 aromatic carbocycles. The van der Waals surface area contributed by atoms with Crippen LogP contribution < -0.4 is 10.1 Å². The molecule has 1 aromatic heterocycles. The molecule has 0 aliphatic carbocycles. The van der Waals surface area contributed by atoms with Gasteiger partial charge >= 0.3 is 5.97 Å². The first-order valence-electron chi connectivity index (χ1n) is 8.90. The Kier molecular flexibility index (Phi) is 5.87. The van der Waals surface area contributed by atoms with Gasteiger partial charge in [0, 0.05) is 5.56 Å². The van der Waals surface area contributed by atoms with Gasteiger partial charge in [-0.2, -0.15) is 4.80 Å². The number of methoxy groups -OCH3 is 1. The molecule has 0 fully saturated rings. The quantitative estimate of drug-likeness (QED) is 0.597. The topological polar surface area (TPSA) is 119 Å². The number of nitrogens with one attached hydrogen (secondary N) is 1. The molecule has 1 atom stereocenters. The Morgan fingerprint density at radius 3 is 2.62 bits per heavy atom. The molecule has 0 aliphatic rings. The normalized spacial score (nSPS) is 12.8. The lowest BCUT2D eigenvalue weighted by molar-refractivity contribution is -0.139. The molecule has 0 saturated heterocycles. The molecule has 9 nitrogen and oxygen atoms in total. The largest absolute Gasteiger partial charge is 0.497 e. The van der Waals surface area contributed by atoms with Gasteiger partial charge < -0.3 is 15.2 Å². The number of amides is 1. The van der Waals surface area contributed by atoms with E-state index in [0.717, 1.165) is 5.56 Å². The van der Waals surface area contributed by atoms with Crippen molar-refractivity contribution in [3.05, 3.63) is 60.2 Å². The van der Waals surface area contributed by atoms with E-state index in [-0.39, 0.29) is 13.0 Å². The van der Waals surface area contributed by atoms with Gasteiger partial charge in [-0.3, -0.25) is 9.59 Å². The third kappa shape index (κ3) is 4.95. The first-order valence-corrected chi connectivity index (χ1v) is 8.90. The van der Waals surface area contributed by atoms with Crippen molar-refractivity contribution in [2.24, 2.45) is 0 Å². The second-order valence-electron chi connectivity index (χ2n) is 6.69. The highest BCUT2D eigenvalue weighted by atomic mass is 16.5. The number of tetrazole rings is 1. The number of hydrogen-bond acceptors (Lipinski definition) is 6. The molecule has 1 heterocycles. The molecule has 150 valence electrons. The minimum Gasteiger partial charge on any atom is -0.497 e. The van der Waals surface area contributed by atoms with E-state index >= 15 is 0 Å². The summed E-state index contributed by atoms with van der Waals surface area (Å²) in [6.07, 6.45) is -0.300. The number of aromatic nitrogens is 4. The van der Waals surface area contributed by atoms with Gasteiger partial charge in [0.1, 0.15) is 12.3 Å². The predicted molar refractivity (Wildman–Crippen MR) is 104 cm³/mol. The zero-order valence-electron chi connectivity index (χ0n) is 16.1. The monoisotopic (exact) mass is 395 g/mol. The lowest BCUT2D eigenvalue weighted by atomic mass is 9.88. The average molecular weight is 395 g/mol. The van der Waals surface area contributed by atoms with Gasteiger partial charge in [-0.25, -0.2) is 0 Å². The van der Waals surface area contributed by atoms with Crippen LogP contribution in [-0.4, -0.2) is 44.3 Å². The predicted octanol–water partition coefficient (Wildman–Crippen LogP) is 1.85. The zero-order chi connectivity index (χ0) is 20.9. The summed E-state index contributed by atoms with van der Waals surface area (Å²) in [5.41, 5.74) is 0.260. The molecule has 0 radical (unpaired) electrons. The molecular formula is C20H21N5O4. The van der Waals surface area contributed by atoms with Crippen LogP contribution in [0.2, 0.25) is 0 Å². The minimum absolute atomic E-state index is 0.195. The van der Waals surface area contributed by atoms with Crippen LogP contribution in [0.4, 0.5) is 0 Å². The van der Waals surface area contributed by atoms with Gasteiger partial charge in [-0.15, -0.1) is 10.2 Å². The first kappa shape index (κ1) is 20.0. The number of carboxylic acid groups (broad SMARTS) is 1. The first-order chi connectivity index (χ1) is 13.9. The van der Waals surface area contributed by atoms with E-state index in [9.17, 15) is 14.7 Å². The SMILES string of the molecule is COc1cccc(C(C)(CC(=O)O)NC(=O)Cn2nnc(-c3ccccc3)n2)c1. The van der Waals surface area contributed by atoms with Gasteiger partial charge in [0.15, 0.2) is 0 Å². The van der Waals surface area contributed by atoms with Gasteiger partial charge in [0.25, 0.3) is 0 Å². The Hall–Kier alpha value is -3.75. The van der Waals surface area contributed by atoms with Crippen molar-refractivity contribution in [2.45, 2.75) is 25.4 Å². The third-order valence-electron chi connectivity index (χ3n) is 4.40. The van der Waals surface area contributed by atoms with Crippen LogP contribution in [0, 0.1) is 0 Å². The molecule has 0 spiro atoms. The van der Waals surface area contributed by atoms with Crippen LogP contribution in [0.25, 0.3) is 11.4 Å². The third-order valence-corrected chi connectivity index (χ3v) is 4.40. The van der Waals surface area contributed by atoms with Crippen LogP contribution in [0.5, 0.6) is 5.75 Å². The number of hydrogen-bond donors (Lipinski definition) is 2. The lowest BCUT2D eigenvalue weighted by Gasteiger charge is -2.30. The molecule has 0 aliphatic heterocycles. The Bertz CT molecular complexity index is 1000. The highest BCUT2D eigenvalue weighted by Crippen LogP contribution is 2.28. The molecule has 1 unspecified atom stereocenters. The minimum atomic E-state index is -1.14. The van der Waals surface area contributed by atoms with Crippen LogP contribution in [0.1, 0.15) is 18.9 Å². The number of carbonyl (C=O) groups is 2. The number of rotatable bonds is 8. The Morgan fingerprint density at radius 2 is 1.93 bits per heavy atom. The second kappa shape index (κ2) is 8.51. The van der Waals surface area contributed by atoms with Gasteiger partial charge in [-0.1, -0.05) is 42.5 Å². The summed E-state index contributed by atoms with van der Waals surface area (Å²) >= 11 is 0. The van der Waals surface area contributed by atoms with Crippen LogP contribution >= 0.6 is 0 Å². The lowest BCUT2D eigenvalue weighted by Crippen LogP contribution is -2.46. The molecule has 0 saturated carbocycles. The zero-order valence-corrected chi connectivity index (χ0v) is 16.1. The van der Waals surface area contributed by atoms with E-state index < -0.39 is 17.4 Å². The maximum absolute atomic E-state index is 12.6. The molecule has 2 N–H and O–H groups in total. The average Bonchev–Trinajstić information content (AvgIpc) is 3.16. The summed E-state index contributed by atoms with van der Waals surface area (Å²) in [7, 11) is 1.52. The highest BCUT2D eigenvalue weighted by Gasteiger charge is 2.32. The van der Waals surface area contributed by atoms with Crippen LogP contribution in [0.3, 0.4) is 0 Å². The molecule has 29 heavy (non-hydrogen) atoms. The van der Waals surface area contributed by atoms with Crippen LogP contribution in [0.15, 0.2) is 54.6 Å². The Balaban J connectivity index is 1.77. The summed E-state index contributed by atoms with van der Waals surface area (Å²) in [5, 5.41) is 24.2. The number of carboxylic acids is 1. The molecule has 3 aromatic rings. The summed E-state index contributed by atoms with van der Waals surface area (Å²) in [5.74, 6) is -0.507. The van der Waals surface area contributed by atoms with Crippen molar-refractivity contribution in [1.82, 2.24) is 25.5 Å². The van der Waals surface area contributed by atoms with Gasteiger partial charge in [0.2, 0.25) is 11.7 Å². The standard InChI is InChI=1S/C20H21N5O4/c1-20(12-18(27)28,15-9-6-10-16(11-15)29-2)21-17(26)13-25-23-19(22-24-25)14-7-4-3-5-8-14/h3-11H,12-13H2,1-2H3,(H,21,26)(H,27,28). The fraction of sp³-hybridized carbons (Fsp3) is 0.250. The van der Waals surface area contributed by atoms with E-state index in [1.807, 2.05) is 30.3 Å². The van der Waals surface area contributed by atoms with Crippen molar-refractivity contribution in [3.63, 3.8) is 0 Å². The number of aliphatic carboxylic acids is 1. The van der Waals surface area contributed by atoms with Gasteiger partial charge in [-0.05, 0) is 29.8 Å². The van der Waals surface area contributed by atoms with Gasteiger partial charge in [0.05, 0.1) is 19.1 Å². The van der Waals surface area contributed by atoms with Crippen molar-refractivity contribution >= 4 is 11.9 Å². The van der Waals surface area contributed by atoms with Crippen molar-refractivity contribution < 1.29 is 19.4 Å². The smallest absolute Gasteiger partial charge is 0.306 e. The maximum Gasteiger partial charge on any atom is 0.306 e. The molecule has 9 heteroatoms.